The van der Waals surface area contributed by atoms with E-state index in [2.05, 4.69) is 55.0 Å². The summed E-state index contributed by atoms with van der Waals surface area (Å²) in [5.74, 6) is 0. The van der Waals surface area contributed by atoms with E-state index in [0.717, 1.165) is 11.4 Å². The summed E-state index contributed by atoms with van der Waals surface area (Å²) in [7, 11) is 2.05. The maximum absolute atomic E-state index is 5.81. The number of hydrogen-bond acceptors (Lipinski definition) is 3. The molecule has 1 heterocycles. The average Bonchev–Trinajstić information content (AvgIpc) is 2.37. The lowest BCUT2D eigenvalue weighted by molar-refractivity contribution is 0.781. The number of benzene rings is 1. The predicted molar refractivity (Wildman–Crippen MR) is 80.8 cm³/mol. The van der Waals surface area contributed by atoms with Crippen molar-refractivity contribution in [1.82, 2.24) is 4.98 Å². The number of hydrogen-bond donors (Lipinski definition) is 1. The summed E-state index contributed by atoms with van der Waals surface area (Å²) in [4.78, 5) is 6.54. The maximum Gasteiger partial charge on any atom is 0.0594 e. The molecule has 0 aliphatic heterocycles. The number of nitrogens with two attached hydrogens (primary N) is 1. The van der Waals surface area contributed by atoms with Crippen molar-refractivity contribution < 1.29 is 0 Å². The molecule has 0 aliphatic carbocycles. The molecule has 1 aromatic heterocycles. The van der Waals surface area contributed by atoms with E-state index in [1.54, 1.807) is 0 Å². The van der Waals surface area contributed by atoms with Crippen LogP contribution in [0, 0.1) is 13.8 Å². The van der Waals surface area contributed by atoms with Gasteiger partial charge >= 0.3 is 0 Å². The lowest BCUT2D eigenvalue weighted by Gasteiger charge is -2.20. The predicted octanol–water partition coefficient (Wildman–Crippen LogP) is 3.49. The van der Waals surface area contributed by atoms with Crippen molar-refractivity contribution in [2.45, 2.75) is 26.8 Å². The molecule has 0 bridgehead atoms. The van der Waals surface area contributed by atoms with Crippen LogP contribution in [0.1, 0.15) is 29.8 Å². The Bertz CT molecular complexity index is 538. The molecular weight excluding hydrogens is 234 g/mol. The van der Waals surface area contributed by atoms with E-state index in [1.807, 2.05) is 19.2 Å². The summed E-state index contributed by atoms with van der Waals surface area (Å²) in [5.41, 5.74) is 11.5. The van der Waals surface area contributed by atoms with E-state index in [4.69, 9.17) is 5.73 Å². The minimum atomic E-state index is -0.0272. The van der Waals surface area contributed by atoms with Crippen LogP contribution in [0.25, 0.3) is 0 Å². The quantitative estimate of drug-likeness (QED) is 0.913. The fourth-order valence-corrected chi connectivity index (χ4v) is 2.16. The topological polar surface area (TPSA) is 42.1 Å². The Morgan fingerprint density at radius 2 is 1.68 bits per heavy atom. The molecule has 2 N–H and O–H groups in total. The van der Waals surface area contributed by atoms with Gasteiger partial charge in [0.15, 0.2) is 0 Å². The molecule has 0 amide bonds. The molecule has 100 valence electrons. The van der Waals surface area contributed by atoms with Crippen molar-refractivity contribution in [2.75, 3.05) is 11.9 Å². The van der Waals surface area contributed by atoms with Gasteiger partial charge in [-0.3, -0.25) is 4.98 Å². The average molecular weight is 255 g/mol. The largest absolute Gasteiger partial charge is 0.343 e. The van der Waals surface area contributed by atoms with Crippen molar-refractivity contribution in [3.05, 3.63) is 53.3 Å². The highest BCUT2D eigenvalue weighted by Crippen LogP contribution is 2.25. The maximum atomic E-state index is 5.81. The second-order valence-electron chi connectivity index (χ2n) is 5.13. The molecule has 3 heteroatoms. The summed E-state index contributed by atoms with van der Waals surface area (Å²) >= 11 is 0. The highest BCUT2D eigenvalue weighted by atomic mass is 15.1. The Hall–Kier alpha value is -1.87. The molecule has 19 heavy (non-hydrogen) atoms. The van der Waals surface area contributed by atoms with Crippen LogP contribution in [0.15, 0.2) is 36.5 Å². The van der Waals surface area contributed by atoms with Gasteiger partial charge in [0.05, 0.1) is 17.6 Å². The first-order valence-electron chi connectivity index (χ1n) is 6.51. The van der Waals surface area contributed by atoms with Gasteiger partial charge in [0.25, 0.3) is 0 Å². The summed E-state index contributed by atoms with van der Waals surface area (Å²) < 4.78 is 0. The van der Waals surface area contributed by atoms with Crippen LogP contribution in [0.3, 0.4) is 0 Å². The Morgan fingerprint density at radius 1 is 1.05 bits per heavy atom. The summed E-state index contributed by atoms with van der Waals surface area (Å²) in [6.07, 6.45) is 1.87. The molecule has 0 aliphatic rings. The van der Waals surface area contributed by atoms with Crippen molar-refractivity contribution >= 4 is 11.4 Å². The third-order valence-electron chi connectivity index (χ3n) is 3.22. The Balaban J connectivity index is 2.30. The van der Waals surface area contributed by atoms with Crippen LogP contribution in [-0.4, -0.2) is 12.0 Å². The van der Waals surface area contributed by atoms with Crippen molar-refractivity contribution in [2.24, 2.45) is 5.73 Å². The second kappa shape index (κ2) is 5.41. The number of anilines is 2. The molecule has 0 radical (unpaired) electrons. The molecule has 1 atom stereocenters. The van der Waals surface area contributed by atoms with Crippen LogP contribution >= 0.6 is 0 Å². The van der Waals surface area contributed by atoms with Gasteiger partial charge in [0.1, 0.15) is 0 Å². The number of rotatable bonds is 3. The van der Waals surface area contributed by atoms with Crippen LogP contribution in [0.5, 0.6) is 0 Å². The molecular formula is C16H21N3. The van der Waals surface area contributed by atoms with E-state index >= 15 is 0 Å². The van der Waals surface area contributed by atoms with Crippen LogP contribution in [0.2, 0.25) is 0 Å². The first-order valence-corrected chi connectivity index (χ1v) is 6.51. The Kier molecular flexibility index (Phi) is 3.86. The minimum absolute atomic E-state index is 0.0272. The molecule has 0 spiro atoms. The third kappa shape index (κ3) is 3.12. The van der Waals surface area contributed by atoms with Gasteiger partial charge in [-0.2, -0.15) is 0 Å². The van der Waals surface area contributed by atoms with Gasteiger partial charge < -0.3 is 10.6 Å². The first-order chi connectivity index (χ1) is 8.97. The van der Waals surface area contributed by atoms with E-state index in [0.29, 0.717) is 0 Å². The summed E-state index contributed by atoms with van der Waals surface area (Å²) in [5, 5.41) is 0. The zero-order valence-electron chi connectivity index (χ0n) is 12.0. The van der Waals surface area contributed by atoms with Crippen molar-refractivity contribution in [3.63, 3.8) is 0 Å². The van der Waals surface area contributed by atoms with Crippen molar-refractivity contribution in [3.8, 4) is 0 Å². The zero-order chi connectivity index (χ0) is 14.0. The monoisotopic (exact) mass is 255 g/mol. The molecule has 2 aromatic rings. The summed E-state index contributed by atoms with van der Waals surface area (Å²) in [6, 6.07) is 10.5. The lowest BCUT2D eigenvalue weighted by Crippen LogP contribution is -2.12. The van der Waals surface area contributed by atoms with Gasteiger partial charge in [0, 0.05) is 18.8 Å². The lowest BCUT2D eigenvalue weighted by atomic mass is 10.1. The van der Waals surface area contributed by atoms with Crippen LogP contribution < -0.4 is 10.6 Å². The second-order valence-corrected chi connectivity index (χ2v) is 5.13. The highest BCUT2D eigenvalue weighted by molar-refractivity contribution is 5.63. The fourth-order valence-electron chi connectivity index (χ4n) is 2.16. The molecule has 0 saturated carbocycles. The first kappa shape index (κ1) is 13.6. The summed E-state index contributed by atoms with van der Waals surface area (Å²) in [6.45, 7) is 6.17. The van der Waals surface area contributed by atoms with E-state index < -0.39 is 0 Å². The smallest absolute Gasteiger partial charge is 0.0594 e. The number of pyridine rings is 1. The minimum Gasteiger partial charge on any atom is -0.343 e. The van der Waals surface area contributed by atoms with Crippen LogP contribution in [0.4, 0.5) is 11.4 Å². The zero-order valence-corrected chi connectivity index (χ0v) is 12.0. The Labute approximate surface area is 115 Å². The van der Waals surface area contributed by atoms with E-state index in [1.165, 1.54) is 16.8 Å². The SMILES string of the molecule is Cc1cc(C)cc(N(C)c2ccc([C@@H](C)N)nc2)c1. The fraction of sp³-hybridized carbons (Fsp3) is 0.312. The van der Waals surface area contributed by atoms with Crippen molar-refractivity contribution in [1.29, 1.82) is 0 Å². The van der Waals surface area contributed by atoms with Gasteiger partial charge in [-0.1, -0.05) is 6.07 Å². The highest BCUT2D eigenvalue weighted by Gasteiger charge is 2.07. The third-order valence-corrected chi connectivity index (χ3v) is 3.22. The van der Waals surface area contributed by atoms with Gasteiger partial charge in [-0.25, -0.2) is 0 Å². The van der Waals surface area contributed by atoms with E-state index in [-0.39, 0.29) is 6.04 Å². The Morgan fingerprint density at radius 3 is 2.16 bits per heavy atom. The van der Waals surface area contributed by atoms with Crippen LogP contribution in [-0.2, 0) is 0 Å². The van der Waals surface area contributed by atoms with Gasteiger partial charge in [0.2, 0.25) is 0 Å². The normalized spacial score (nSPS) is 12.3. The van der Waals surface area contributed by atoms with Gasteiger partial charge in [-0.15, -0.1) is 0 Å². The number of aryl methyl sites for hydroxylation is 2. The van der Waals surface area contributed by atoms with E-state index in [9.17, 15) is 0 Å². The molecule has 3 nitrogen and oxygen atoms in total. The number of nitrogens with zero attached hydrogens (tertiary/aromatic N) is 2. The molecule has 0 unspecified atom stereocenters. The number of aromatic nitrogens is 1. The molecule has 2 rings (SSSR count). The molecule has 0 fully saturated rings. The molecule has 0 saturated heterocycles. The molecule has 1 aromatic carbocycles. The standard InChI is InChI=1S/C16H21N3/c1-11-7-12(2)9-15(8-11)19(4)14-5-6-16(13(3)17)18-10-14/h5-10,13H,17H2,1-4H3/t13-/m1/s1. The van der Waals surface area contributed by atoms with Gasteiger partial charge in [-0.05, 0) is 56.2 Å².